The predicted molar refractivity (Wildman–Crippen MR) is 66.4 cm³/mol. The first-order valence-electron chi connectivity index (χ1n) is 6.09. The number of ketones is 1. The first-order chi connectivity index (χ1) is 8.29. The molecule has 4 heteroatoms. The second kappa shape index (κ2) is 4.50. The monoisotopic (exact) mass is 252 g/mol. The molecule has 0 radical (unpaired) electrons. The molecule has 2 aliphatic heterocycles. The lowest BCUT2D eigenvalue weighted by atomic mass is 9.82. The van der Waals surface area contributed by atoms with Crippen molar-refractivity contribution in [1.29, 1.82) is 0 Å². The maximum Gasteiger partial charge on any atom is 0.201 e. The molecule has 0 bridgehead atoms. The molecule has 3 nitrogen and oxygen atoms in total. The number of hydrogen-bond acceptors (Lipinski definition) is 4. The highest BCUT2D eigenvalue weighted by Gasteiger charge is 2.42. The Bertz CT molecular complexity index is 393. The van der Waals surface area contributed by atoms with E-state index in [1.807, 2.05) is 11.8 Å². The second-order valence-corrected chi connectivity index (χ2v) is 5.97. The first kappa shape index (κ1) is 11.4. The molecule has 0 N–H and O–H groups in total. The highest BCUT2D eigenvalue weighted by Crippen LogP contribution is 2.41. The van der Waals surface area contributed by atoms with Crippen LogP contribution in [-0.2, 0) is 4.74 Å². The number of rotatable bonds is 2. The maximum absolute atomic E-state index is 12.2. The van der Waals surface area contributed by atoms with Crippen molar-refractivity contribution in [2.24, 2.45) is 5.92 Å². The topological polar surface area (TPSA) is 39.4 Å². The molecule has 2 atom stereocenters. The molecule has 0 aliphatic carbocycles. The van der Waals surface area contributed by atoms with E-state index in [4.69, 9.17) is 9.15 Å². The quantitative estimate of drug-likeness (QED) is 0.759. The van der Waals surface area contributed by atoms with Gasteiger partial charge in [0.2, 0.25) is 5.78 Å². The average molecular weight is 252 g/mol. The summed E-state index contributed by atoms with van der Waals surface area (Å²) in [4.78, 5) is 12.2. The van der Waals surface area contributed by atoms with Crippen LogP contribution in [0.5, 0.6) is 0 Å². The van der Waals surface area contributed by atoms with Gasteiger partial charge in [0.1, 0.15) is 0 Å². The number of furan rings is 1. The Labute approximate surface area is 105 Å². The lowest BCUT2D eigenvalue weighted by Gasteiger charge is -2.36. The van der Waals surface area contributed by atoms with E-state index in [-0.39, 0.29) is 17.3 Å². The van der Waals surface area contributed by atoms with Gasteiger partial charge in [-0.05, 0) is 37.1 Å². The third-order valence-corrected chi connectivity index (χ3v) is 4.92. The molecule has 0 aromatic carbocycles. The van der Waals surface area contributed by atoms with Gasteiger partial charge in [0.25, 0.3) is 0 Å². The molecular formula is C13H16O3S. The van der Waals surface area contributed by atoms with Crippen LogP contribution < -0.4 is 0 Å². The van der Waals surface area contributed by atoms with Gasteiger partial charge in [-0.2, -0.15) is 11.8 Å². The fraction of sp³-hybridized carbons (Fsp3) is 0.615. The van der Waals surface area contributed by atoms with Gasteiger partial charge in [-0.25, -0.2) is 0 Å². The van der Waals surface area contributed by atoms with Gasteiger partial charge in [0.05, 0.1) is 11.9 Å². The predicted octanol–water partition coefficient (Wildman–Crippen LogP) is 2.76. The number of carbonyl (C=O) groups is 1. The van der Waals surface area contributed by atoms with Gasteiger partial charge < -0.3 is 9.15 Å². The average Bonchev–Trinajstić information content (AvgIpc) is 3.00. The Morgan fingerprint density at radius 1 is 1.53 bits per heavy atom. The number of ether oxygens (including phenoxy) is 1. The minimum Gasteiger partial charge on any atom is -0.461 e. The van der Waals surface area contributed by atoms with E-state index >= 15 is 0 Å². The standard InChI is InChI=1S/C13H16O3S/c14-12(11-2-1-5-15-11)10-3-6-16-13(8-10)4-7-17-9-13/h1-2,5,10H,3-4,6-9H2. The van der Waals surface area contributed by atoms with Crippen LogP contribution >= 0.6 is 11.8 Å². The normalized spacial score (nSPS) is 33.1. The molecule has 0 amide bonds. The van der Waals surface area contributed by atoms with Gasteiger partial charge in [-0.3, -0.25) is 4.79 Å². The van der Waals surface area contributed by atoms with Crippen LogP contribution in [0.15, 0.2) is 22.8 Å². The van der Waals surface area contributed by atoms with Gasteiger partial charge in [-0.1, -0.05) is 0 Å². The fourth-order valence-corrected chi connectivity index (χ4v) is 4.11. The summed E-state index contributed by atoms with van der Waals surface area (Å²) in [6, 6.07) is 3.53. The van der Waals surface area contributed by atoms with Crippen molar-refractivity contribution >= 4 is 17.5 Å². The summed E-state index contributed by atoms with van der Waals surface area (Å²) < 4.78 is 11.1. The number of thioether (sulfide) groups is 1. The van der Waals surface area contributed by atoms with Crippen LogP contribution in [0.25, 0.3) is 0 Å². The molecule has 3 heterocycles. The van der Waals surface area contributed by atoms with E-state index in [1.165, 1.54) is 0 Å². The molecule has 17 heavy (non-hydrogen) atoms. The highest BCUT2D eigenvalue weighted by molar-refractivity contribution is 7.99. The zero-order valence-electron chi connectivity index (χ0n) is 9.69. The minimum atomic E-state index is -0.0319. The largest absolute Gasteiger partial charge is 0.461 e. The molecule has 92 valence electrons. The zero-order valence-corrected chi connectivity index (χ0v) is 10.5. The smallest absolute Gasteiger partial charge is 0.201 e. The zero-order chi connectivity index (χ0) is 11.7. The van der Waals surface area contributed by atoms with Crippen LogP contribution in [-0.4, -0.2) is 29.5 Å². The lowest BCUT2D eigenvalue weighted by molar-refractivity contribution is -0.0737. The van der Waals surface area contributed by atoms with E-state index in [9.17, 15) is 4.79 Å². The molecule has 2 fully saturated rings. The molecule has 1 spiro atoms. The lowest BCUT2D eigenvalue weighted by Crippen LogP contribution is -2.42. The van der Waals surface area contributed by atoms with Crippen LogP contribution in [0.3, 0.4) is 0 Å². The van der Waals surface area contributed by atoms with Gasteiger partial charge in [-0.15, -0.1) is 0 Å². The molecule has 2 unspecified atom stereocenters. The van der Waals surface area contributed by atoms with E-state index < -0.39 is 0 Å². The van der Waals surface area contributed by atoms with Crippen molar-refractivity contribution in [2.75, 3.05) is 18.1 Å². The molecule has 2 aliphatic rings. The summed E-state index contributed by atoms with van der Waals surface area (Å²) in [6.07, 6.45) is 4.33. The Hall–Kier alpha value is -0.740. The number of Topliss-reactive ketones (excluding diaryl/α,β-unsaturated/α-hetero) is 1. The van der Waals surface area contributed by atoms with E-state index in [0.717, 1.165) is 30.8 Å². The molecule has 3 rings (SSSR count). The molecular weight excluding hydrogens is 236 g/mol. The Morgan fingerprint density at radius 3 is 3.18 bits per heavy atom. The Morgan fingerprint density at radius 2 is 2.47 bits per heavy atom. The Balaban J connectivity index is 1.73. The van der Waals surface area contributed by atoms with Crippen LogP contribution in [0.1, 0.15) is 29.8 Å². The third kappa shape index (κ3) is 2.16. The van der Waals surface area contributed by atoms with Gasteiger partial charge in [0, 0.05) is 18.3 Å². The van der Waals surface area contributed by atoms with E-state index in [1.54, 1.807) is 18.4 Å². The maximum atomic E-state index is 12.2. The molecule has 1 aromatic rings. The second-order valence-electron chi connectivity index (χ2n) is 4.87. The van der Waals surface area contributed by atoms with Crippen molar-refractivity contribution in [3.05, 3.63) is 24.2 Å². The summed E-state index contributed by atoms with van der Waals surface area (Å²) in [5.74, 6) is 2.91. The van der Waals surface area contributed by atoms with Crippen LogP contribution in [0.2, 0.25) is 0 Å². The summed E-state index contributed by atoms with van der Waals surface area (Å²) >= 11 is 1.93. The van der Waals surface area contributed by atoms with Crippen molar-refractivity contribution in [1.82, 2.24) is 0 Å². The third-order valence-electron chi connectivity index (χ3n) is 3.69. The van der Waals surface area contributed by atoms with E-state index in [0.29, 0.717) is 12.4 Å². The minimum absolute atomic E-state index is 0.0319. The van der Waals surface area contributed by atoms with Crippen molar-refractivity contribution < 1.29 is 13.9 Å². The van der Waals surface area contributed by atoms with Crippen molar-refractivity contribution in [2.45, 2.75) is 24.9 Å². The summed E-state index contributed by atoms with van der Waals surface area (Å²) in [5, 5.41) is 0. The van der Waals surface area contributed by atoms with Gasteiger partial charge in [0.15, 0.2) is 5.76 Å². The molecule has 0 saturated carbocycles. The van der Waals surface area contributed by atoms with Crippen molar-refractivity contribution in [3.8, 4) is 0 Å². The number of hydrogen-bond donors (Lipinski definition) is 0. The van der Waals surface area contributed by atoms with Gasteiger partial charge >= 0.3 is 0 Å². The number of carbonyl (C=O) groups excluding carboxylic acids is 1. The fourth-order valence-electron chi connectivity index (χ4n) is 2.73. The Kier molecular flexibility index (Phi) is 3.01. The molecule has 1 aromatic heterocycles. The summed E-state index contributed by atoms with van der Waals surface area (Å²) in [6.45, 7) is 0.706. The van der Waals surface area contributed by atoms with E-state index in [2.05, 4.69) is 0 Å². The SMILES string of the molecule is O=C(c1ccco1)C1CCOC2(CCSC2)C1. The molecule has 2 saturated heterocycles. The van der Waals surface area contributed by atoms with Crippen LogP contribution in [0.4, 0.5) is 0 Å². The van der Waals surface area contributed by atoms with Crippen LogP contribution in [0, 0.1) is 5.92 Å². The summed E-state index contributed by atoms with van der Waals surface area (Å²) in [5.41, 5.74) is -0.0319. The highest BCUT2D eigenvalue weighted by atomic mass is 32.2. The summed E-state index contributed by atoms with van der Waals surface area (Å²) in [7, 11) is 0. The van der Waals surface area contributed by atoms with Crippen molar-refractivity contribution in [3.63, 3.8) is 0 Å². The first-order valence-corrected chi connectivity index (χ1v) is 7.24.